The SMILES string of the molecule is [CH2]CCCC[C](OOC(=O)c1ccc(OC)cc1OC)OOC(=O)c1ccc(OC)cc1OC. The maximum atomic E-state index is 12.5. The van der Waals surface area contributed by atoms with Crippen molar-refractivity contribution in [1.29, 1.82) is 0 Å². The summed E-state index contributed by atoms with van der Waals surface area (Å²) < 4.78 is 20.6. The molecule has 10 heteroatoms. The molecular weight excluding hydrogens is 448 g/mol. The number of hydrogen-bond donors (Lipinski definition) is 0. The largest absolute Gasteiger partial charge is 0.497 e. The minimum Gasteiger partial charge on any atom is -0.497 e. The molecule has 184 valence electrons. The number of ether oxygens (including phenoxy) is 4. The summed E-state index contributed by atoms with van der Waals surface area (Å²) in [6.07, 6.45) is 1.98. The molecule has 2 rings (SSSR count). The first-order chi connectivity index (χ1) is 16.5. The van der Waals surface area contributed by atoms with Crippen molar-refractivity contribution in [1.82, 2.24) is 0 Å². The normalized spacial score (nSPS) is 10.5. The summed E-state index contributed by atoms with van der Waals surface area (Å²) in [6, 6.07) is 9.11. The van der Waals surface area contributed by atoms with E-state index in [9.17, 15) is 9.59 Å². The number of rotatable bonds is 14. The van der Waals surface area contributed by atoms with Crippen molar-refractivity contribution in [2.24, 2.45) is 0 Å². The van der Waals surface area contributed by atoms with Crippen molar-refractivity contribution in [3.63, 3.8) is 0 Å². The summed E-state index contributed by atoms with van der Waals surface area (Å²) in [6.45, 7) is 3.77. The number of hydrogen-bond acceptors (Lipinski definition) is 10. The molecule has 10 nitrogen and oxygen atoms in total. The highest BCUT2D eigenvalue weighted by molar-refractivity contribution is 5.93. The second-order valence-electron chi connectivity index (χ2n) is 6.72. The van der Waals surface area contributed by atoms with Crippen molar-refractivity contribution >= 4 is 11.9 Å². The molecule has 2 aromatic rings. The molecule has 0 aliphatic carbocycles. The molecule has 0 heterocycles. The number of unbranched alkanes of at least 4 members (excludes halogenated alkanes) is 2. The van der Waals surface area contributed by atoms with Gasteiger partial charge in [0.2, 0.25) is 0 Å². The van der Waals surface area contributed by atoms with Gasteiger partial charge in [-0.25, -0.2) is 9.59 Å². The van der Waals surface area contributed by atoms with Crippen LogP contribution in [-0.4, -0.2) is 40.4 Å². The Morgan fingerprint density at radius 3 is 1.53 bits per heavy atom. The minimum atomic E-state index is -0.846. The standard InChI is InChI=1S/C24H28O10/c1-6-7-8-9-22(31-33-23(25)18-12-10-16(27-2)14-20(18)29-4)32-34-24(26)19-13-11-17(28-3)15-21(19)30-5/h10-15H,1,6-9H2,2-5H3. The molecule has 0 aliphatic rings. The molecule has 2 aromatic carbocycles. The first kappa shape index (κ1) is 26.7. The molecule has 2 radical (unpaired) electrons. The third kappa shape index (κ3) is 7.53. The van der Waals surface area contributed by atoms with Gasteiger partial charge in [0.1, 0.15) is 34.1 Å². The summed E-state index contributed by atoms with van der Waals surface area (Å²) in [4.78, 5) is 44.8. The van der Waals surface area contributed by atoms with E-state index in [2.05, 4.69) is 6.92 Å². The molecule has 0 N–H and O–H groups in total. The van der Waals surface area contributed by atoms with Gasteiger partial charge in [-0.05, 0) is 30.7 Å². The molecule has 0 amide bonds. The molecule has 0 atom stereocenters. The third-order valence-electron chi connectivity index (χ3n) is 4.56. The van der Waals surface area contributed by atoms with Gasteiger partial charge in [0, 0.05) is 18.6 Å². The molecule has 0 aliphatic heterocycles. The average Bonchev–Trinajstić information content (AvgIpc) is 2.88. The number of carbonyl (C=O) groups is 2. The van der Waals surface area contributed by atoms with Crippen molar-refractivity contribution in [2.45, 2.75) is 25.7 Å². The topological polar surface area (TPSA) is 108 Å². The van der Waals surface area contributed by atoms with Crippen LogP contribution < -0.4 is 18.9 Å². The fourth-order valence-corrected chi connectivity index (χ4v) is 2.74. The van der Waals surface area contributed by atoms with E-state index in [-0.39, 0.29) is 35.3 Å². The van der Waals surface area contributed by atoms with E-state index < -0.39 is 11.9 Å². The van der Waals surface area contributed by atoms with E-state index >= 15 is 0 Å². The van der Waals surface area contributed by atoms with Crippen LogP contribution in [0.5, 0.6) is 23.0 Å². The van der Waals surface area contributed by atoms with Crippen LogP contribution in [0.15, 0.2) is 36.4 Å². The Kier molecular flexibility index (Phi) is 10.9. The zero-order valence-electron chi connectivity index (χ0n) is 19.6. The van der Waals surface area contributed by atoms with Gasteiger partial charge in [-0.3, -0.25) is 9.78 Å². The predicted molar refractivity (Wildman–Crippen MR) is 119 cm³/mol. The van der Waals surface area contributed by atoms with Gasteiger partial charge in [0.25, 0.3) is 0 Å². The molecule has 0 bridgehead atoms. The van der Waals surface area contributed by atoms with Gasteiger partial charge >= 0.3 is 18.2 Å². The molecule has 0 spiro atoms. The van der Waals surface area contributed by atoms with Crippen molar-refractivity contribution in [2.75, 3.05) is 28.4 Å². The van der Waals surface area contributed by atoms with Crippen LogP contribution in [0.1, 0.15) is 46.4 Å². The minimum absolute atomic E-state index is 0.0976. The van der Waals surface area contributed by atoms with Gasteiger partial charge in [0.05, 0.1) is 28.4 Å². The first-order valence-electron chi connectivity index (χ1n) is 10.3. The molecule has 0 saturated heterocycles. The molecule has 34 heavy (non-hydrogen) atoms. The Labute approximate surface area is 198 Å². The number of benzene rings is 2. The quantitative estimate of drug-likeness (QED) is 0.220. The summed E-state index contributed by atoms with van der Waals surface area (Å²) in [5.41, 5.74) is 0.195. The third-order valence-corrected chi connectivity index (χ3v) is 4.56. The van der Waals surface area contributed by atoms with E-state index in [4.69, 9.17) is 38.5 Å². The zero-order valence-corrected chi connectivity index (χ0v) is 19.6. The van der Waals surface area contributed by atoms with E-state index in [1.807, 2.05) is 0 Å². The molecule has 0 aromatic heterocycles. The zero-order chi connectivity index (χ0) is 24.9. The highest BCUT2D eigenvalue weighted by Gasteiger charge is 2.24. The summed E-state index contributed by atoms with van der Waals surface area (Å²) in [5, 5.41) is 0. The summed E-state index contributed by atoms with van der Waals surface area (Å²) in [7, 11) is 5.78. The number of carbonyl (C=O) groups excluding carboxylic acids is 2. The summed E-state index contributed by atoms with van der Waals surface area (Å²) in [5.74, 6) is -0.240. The van der Waals surface area contributed by atoms with Gasteiger partial charge in [-0.1, -0.05) is 19.8 Å². The van der Waals surface area contributed by atoms with Crippen molar-refractivity contribution < 1.29 is 48.1 Å². The van der Waals surface area contributed by atoms with Crippen LogP contribution in [0.2, 0.25) is 0 Å². The monoisotopic (exact) mass is 476 g/mol. The van der Waals surface area contributed by atoms with Gasteiger partial charge in [0.15, 0.2) is 0 Å². The van der Waals surface area contributed by atoms with Gasteiger partial charge in [-0.2, -0.15) is 0 Å². The Bertz CT molecular complexity index is 872. The Morgan fingerprint density at radius 2 is 1.15 bits per heavy atom. The fourth-order valence-electron chi connectivity index (χ4n) is 2.74. The second-order valence-corrected chi connectivity index (χ2v) is 6.72. The Morgan fingerprint density at radius 1 is 0.676 bits per heavy atom. The lowest BCUT2D eigenvalue weighted by atomic mass is 10.2. The van der Waals surface area contributed by atoms with Crippen LogP contribution in [0.25, 0.3) is 0 Å². The van der Waals surface area contributed by atoms with Crippen LogP contribution in [0, 0.1) is 13.2 Å². The van der Waals surface area contributed by atoms with Crippen LogP contribution in [-0.2, 0) is 19.6 Å². The van der Waals surface area contributed by atoms with Crippen LogP contribution in [0.3, 0.4) is 0 Å². The van der Waals surface area contributed by atoms with Crippen LogP contribution in [0.4, 0.5) is 0 Å². The Balaban J connectivity index is 2.04. The van der Waals surface area contributed by atoms with Crippen molar-refractivity contribution in [3.05, 3.63) is 60.7 Å². The summed E-state index contributed by atoms with van der Waals surface area (Å²) >= 11 is 0. The smallest absolute Gasteiger partial charge is 0.376 e. The first-order valence-corrected chi connectivity index (χ1v) is 10.3. The lowest BCUT2D eigenvalue weighted by Crippen LogP contribution is -2.17. The molecular formula is C24H28O10. The van der Waals surface area contributed by atoms with Gasteiger partial charge < -0.3 is 18.9 Å². The lowest BCUT2D eigenvalue weighted by Gasteiger charge is -2.15. The Hall–Kier alpha value is -3.50. The number of methoxy groups -OCH3 is 4. The average molecular weight is 476 g/mol. The lowest BCUT2D eigenvalue weighted by molar-refractivity contribution is -0.364. The van der Waals surface area contributed by atoms with E-state index in [1.54, 1.807) is 12.1 Å². The second kappa shape index (κ2) is 13.9. The molecule has 0 unspecified atom stereocenters. The highest BCUT2D eigenvalue weighted by atomic mass is 17.3. The highest BCUT2D eigenvalue weighted by Crippen LogP contribution is 2.28. The fraction of sp³-hybridized carbons (Fsp3) is 0.333. The van der Waals surface area contributed by atoms with E-state index in [0.717, 1.165) is 6.42 Å². The van der Waals surface area contributed by atoms with E-state index in [0.29, 0.717) is 24.3 Å². The van der Waals surface area contributed by atoms with Gasteiger partial charge in [-0.15, -0.1) is 9.78 Å². The predicted octanol–water partition coefficient (Wildman–Crippen LogP) is 4.48. The molecule has 0 fully saturated rings. The maximum absolute atomic E-state index is 12.5. The maximum Gasteiger partial charge on any atom is 0.376 e. The van der Waals surface area contributed by atoms with Crippen LogP contribution >= 0.6 is 0 Å². The van der Waals surface area contributed by atoms with Crippen molar-refractivity contribution in [3.8, 4) is 23.0 Å². The van der Waals surface area contributed by atoms with E-state index in [1.165, 1.54) is 52.7 Å². The molecule has 0 saturated carbocycles.